The van der Waals surface area contributed by atoms with Gasteiger partial charge in [-0.05, 0) is 31.0 Å². The van der Waals surface area contributed by atoms with Gasteiger partial charge in [0.15, 0.2) is 0 Å². The molecule has 1 amide bonds. The number of pyridine rings is 1. The van der Waals surface area contributed by atoms with Crippen molar-refractivity contribution in [2.75, 3.05) is 6.61 Å². The van der Waals surface area contributed by atoms with Crippen LogP contribution in [0.2, 0.25) is 10.0 Å². The number of hydrogen-bond donors (Lipinski definition) is 1. The number of amides is 1. The lowest BCUT2D eigenvalue weighted by Gasteiger charge is -2.10. The third kappa shape index (κ3) is 5.12. The third-order valence-electron chi connectivity index (χ3n) is 3.26. The molecule has 1 aromatic carbocycles. The van der Waals surface area contributed by atoms with Crippen LogP contribution in [0.5, 0.6) is 5.88 Å². The first-order valence-corrected chi connectivity index (χ1v) is 8.13. The molecule has 0 aliphatic heterocycles. The van der Waals surface area contributed by atoms with E-state index in [0.717, 1.165) is 11.1 Å². The molecular formula is C17H18Cl2N2O2. The van der Waals surface area contributed by atoms with Gasteiger partial charge in [0.25, 0.3) is 0 Å². The number of nitrogens with one attached hydrogen (secondary N) is 1. The number of ether oxygens (including phenoxy) is 1. The van der Waals surface area contributed by atoms with Crippen molar-refractivity contribution in [3.63, 3.8) is 0 Å². The zero-order valence-corrected chi connectivity index (χ0v) is 14.3. The van der Waals surface area contributed by atoms with Gasteiger partial charge in [-0.1, -0.05) is 41.4 Å². The van der Waals surface area contributed by atoms with Crippen LogP contribution < -0.4 is 10.1 Å². The minimum Gasteiger partial charge on any atom is -0.478 e. The standard InChI is InChI=1S/C17H18Cl2N2O2/c1-2-23-17-13(6-4-10-20-17)11-21-15(22)9-8-12-5-3-7-14(18)16(12)19/h3-7,10H,2,8-9,11H2,1H3,(H,21,22). The average molecular weight is 353 g/mol. The summed E-state index contributed by atoms with van der Waals surface area (Å²) in [4.78, 5) is 16.2. The van der Waals surface area contributed by atoms with Crippen LogP contribution >= 0.6 is 23.2 Å². The summed E-state index contributed by atoms with van der Waals surface area (Å²) >= 11 is 12.1. The minimum atomic E-state index is -0.0626. The van der Waals surface area contributed by atoms with Crippen molar-refractivity contribution < 1.29 is 9.53 Å². The van der Waals surface area contributed by atoms with E-state index in [-0.39, 0.29) is 5.91 Å². The maximum absolute atomic E-state index is 12.0. The van der Waals surface area contributed by atoms with E-state index in [1.807, 2.05) is 31.2 Å². The monoisotopic (exact) mass is 352 g/mol. The summed E-state index contributed by atoms with van der Waals surface area (Å²) in [5.41, 5.74) is 1.72. The molecule has 1 N–H and O–H groups in total. The van der Waals surface area contributed by atoms with Gasteiger partial charge in [0.05, 0.1) is 16.7 Å². The van der Waals surface area contributed by atoms with E-state index in [0.29, 0.717) is 41.9 Å². The molecule has 0 aliphatic rings. The molecule has 0 atom stereocenters. The summed E-state index contributed by atoms with van der Waals surface area (Å²) in [5, 5.41) is 3.88. The van der Waals surface area contributed by atoms with Gasteiger partial charge < -0.3 is 10.1 Å². The molecule has 122 valence electrons. The molecule has 1 heterocycles. The highest BCUT2D eigenvalue weighted by Gasteiger charge is 2.09. The lowest BCUT2D eigenvalue weighted by molar-refractivity contribution is -0.121. The highest BCUT2D eigenvalue weighted by Crippen LogP contribution is 2.26. The van der Waals surface area contributed by atoms with Crippen LogP contribution in [0.15, 0.2) is 36.5 Å². The fourth-order valence-corrected chi connectivity index (χ4v) is 2.51. The summed E-state index contributed by atoms with van der Waals surface area (Å²) in [6.07, 6.45) is 2.54. The Labute approximate surface area is 145 Å². The Bertz CT molecular complexity index is 677. The second-order valence-electron chi connectivity index (χ2n) is 4.89. The number of halogens is 2. The SMILES string of the molecule is CCOc1ncccc1CNC(=O)CCc1cccc(Cl)c1Cl. The Morgan fingerprint density at radius 2 is 2.00 bits per heavy atom. The van der Waals surface area contributed by atoms with Gasteiger partial charge in [-0.15, -0.1) is 0 Å². The first-order valence-electron chi connectivity index (χ1n) is 7.38. The number of hydrogen-bond acceptors (Lipinski definition) is 3. The molecule has 0 saturated carbocycles. The predicted molar refractivity (Wildman–Crippen MR) is 92.0 cm³/mol. The number of aryl methyl sites for hydroxylation is 1. The van der Waals surface area contributed by atoms with Crippen molar-refractivity contribution in [1.82, 2.24) is 10.3 Å². The molecule has 0 spiro atoms. The third-order valence-corrected chi connectivity index (χ3v) is 4.12. The smallest absolute Gasteiger partial charge is 0.220 e. The molecule has 2 aromatic rings. The second-order valence-corrected chi connectivity index (χ2v) is 5.68. The van der Waals surface area contributed by atoms with Gasteiger partial charge in [0.1, 0.15) is 0 Å². The Hall–Kier alpha value is -1.78. The van der Waals surface area contributed by atoms with Crippen LogP contribution in [0.3, 0.4) is 0 Å². The highest BCUT2D eigenvalue weighted by molar-refractivity contribution is 6.42. The summed E-state index contributed by atoms with van der Waals surface area (Å²) in [6, 6.07) is 9.12. The van der Waals surface area contributed by atoms with E-state index in [9.17, 15) is 4.79 Å². The zero-order chi connectivity index (χ0) is 16.7. The molecule has 1 aromatic heterocycles. The Balaban J connectivity index is 1.87. The number of carbonyl (C=O) groups excluding carboxylic acids is 1. The molecule has 4 nitrogen and oxygen atoms in total. The number of rotatable bonds is 7. The van der Waals surface area contributed by atoms with E-state index >= 15 is 0 Å². The van der Waals surface area contributed by atoms with Crippen LogP contribution in [0.1, 0.15) is 24.5 Å². The Morgan fingerprint density at radius 3 is 2.78 bits per heavy atom. The van der Waals surface area contributed by atoms with E-state index < -0.39 is 0 Å². The van der Waals surface area contributed by atoms with Gasteiger partial charge in [-0.25, -0.2) is 4.98 Å². The van der Waals surface area contributed by atoms with E-state index in [1.54, 1.807) is 12.3 Å². The average Bonchev–Trinajstić information content (AvgIpc) is 2.55. The molecule has 0 saturated heterocycles. The van der Waals surface area contributed by atoms with Crippen LogP contribution in [-0.4, -0.2) is 17.5 Å². The molecule has 0 aliphatic carbocycles. The van der Waals surface area contributed by atoms with Gasteiger partial charge in [0.2, 0.25) is 11.8 Å². The fourth-order valence-electron chi connectivity index (χ4n) is 2.10. The first kappa shape index (κ1) is 17.6. The van der Waals surface area contributed by atoms with Crippen molar-refractivity contribution in [1.29, 1.82) is 0 Å². The molecule has 0 fully saturated rings. The molecule has 0 unspecified atom stereocenters. The van der Waals surface area contributed by atoms with Gasteiger partial charge in [-0.3, -0.25) is 4.79 Å². The normalized spacial score (nSPS) is 10.4. The van der Waals surface area contributed by atoms with Crippen LogP contribution in [0, 0.1) is 0 Å². The second kappa shape index (κ2) is 8.75. The molecular weight excluding hydrogens is 335 g/mol. The largest absolute Gasteiger partial charge is 0.478 e. The summed E-state index contributed by atoms with van der Waals surface area (Å²) in [5.74, 6) is 0.487. The number of aromatic nitrogens is 1. The quantitative estimate of drug-likeness (QED) is 0.818. The van der Waals surface area contributed by atoms with E-state index in [1.165, 1.54) is 0 Å². The van der Waals surface area contributed by atoms with Crippen LogP contribution in [0.4, 0.5) is 0 Å². The number of benzene rings is 1. The maximum Gasteiger partial charge on any atom is 0.220 e. The number of nitrogens with zero attached hydrogens (tertiary/aromatic N) is 1. The number of carbonyl (C=O) groups is 1. The summed E-state index contributed by atoms with van der Waals surface area (Å²) in [7, 11) is 0. The summed E-state index contributed by atoms with van der Waals surface area (Å²) in [6.45, 7) is 2.81. The van der Waals surface area contributed by atoms with Crippen LogP contribution in [0.25, 0.3) is 0 Å². The van der Waals surface area contributed by atoms with Crippen molar-refractivity contribution in [2.45, 2.75) is 26.3 Å². The van der Waals surface area contributed by atoms with Gasteiger partial charge in [-0.2, -0.15) is 0 Å². The predicted octanol–water partition coefficient (Wildman–Crippen LogP) is 4.04. The minimum absolute atomic E-state index is 0.0626. The molecule has 0 radical (unpaired) electrons. The van der Waals surface area contributed by atoms with E-state index in [2.05, 4.69) is 10.3 Å². The summed E-state index contributed by atoms with van der Waals surface area (Å²) < 4.78 is 5.43. The van der Waals surface area contributed by atoms with Crippen molar-refractivity contribution in [3.05, 3.63) is 57.7 Å². The van der Waals surface area contributed by atoms with Crippen LogP contribution in [-0.2, 0) is 17.8 Å². The van der Waals surface area contributed by atoms with Crippen molar-refractivity contribution in [2.24, 2.45) is 0 Å². The topological polar surface area (TPSA) is 51.2 Å². The Morgan fingerprint density at radius 1 is 1.22 bits per heavy atom. The van der Waals surface area contributed by atoms with Gasteiger partial charge >= 0.3 is 0 Å². The highest BCUT2D eigenvalue weighted by atomic mass is 35.5. The van der Waals surface area contributed by atoms with Gasteiger partial charge in [0, 0.05) is 24.7 Å². The lowest BCUT2D eigenvalue weighted by Crippen LogP contribution is -2.23. The van der Waals surface area contributed by atoms with Crippen molar-refractivity contribution in [3.8, 4) is 5.88 Å². The lowest BCUT2D eigenvalue weighted by atomic mass is 10.1. The molecule has 2 rings (SSSR count). The van der Waals surface area contributed by atoms with E-state index in [4.69, 9.17) is 27.9 Å². The molecule has 23 heavy (non-hydrogen) atoms. The molecule has 0 bridgehead atoms. The Kier molecular flexibility index (Phi) is 6.68. The van der Waals surface area contributed by atoms with Crippen molar-refractivity contribution >= 4 is 29.1 Å². The fraction of sp³-hybridized carbons (Fsp3) is 0.294. The first-order chi connectivity index (χ1) is 11.1. The zero-order valence-electron chi connectivity index (χ0n) is 12.8. The maximum atomic E-state index is 12.0. The molecule has 6 heteroatoms.